The predicted molar refractivity (Wildman–Crippen MR) is 152 cm³/mol. The lowest BCUT2D eigenvalue weighted by Gasteiger charge is -2.28. The van der Waals surface area contributed by atoms with Crippen LogP contribution in [-0.4, -0.2) is 66.4 Å². The van der Waals surface area contributed by atoms with E-state index in [4.69, 9.17) is 4.74 Å². The van der Waals surface area contributed by atoms with Crippen LogP contribution < -0.4 is 5.32 Å². The molecular formula is C32H38N2O6. The molecule has 2 aliphatic rings. The Balaban J connectivity index is 1.22. The minimum atomic E-state index is -1.08. The molecule has 0 radical (unpaired) electrons. The zero-order valence-corrected chi connectivity index (χ0v) is 23.4. The molecule has 1 amide bonds. The Morgan fingerprint density at radius 2 is 1.60 bits per heavy atom. The third-order valence-electron chi connectivity index (χ3n) is 7.79. The van der Waals surface area contributed by atoms with Gasteiger partial charge in [-0.05, 0) is 53.5 Å². The highest BCUT2D eigenvalue weighted by atomic mass is 16.6. The first-order valence-electron chi connectivity index (χ1n) is 13.9. The number of hydrogen-bond donors (Lipinski definition) is 2. The number of fused-ring (bicyclic) bond motifs is 3. The van der Waals surface area contributed by atoms with Crippen molar-refractivity contribution in [3.63, 3.8) is 0 Å². The average Bonchev–Trinajstić information content (AvgIpc) is 3.22. The zero-order chi connectivity index (χ0) is 28.9. The van der Waals surface area contributed by atoms with Crippen molar-refractivity contribution >= 4 is 23.6 Å². The van der Waals surface area contributed by atoms with E-state index in [9.17, 15) is 24.3 Å². The van der Waals surface area contributed by atoms with Crippen molar-refractivity contribution in [3.8, 4) is 11.1 Å². The number of Topliss-reactive ketones (excluding diaryl/α,β-unsaturated/α-hetero) is 2. The number of amides is 1. The minimum Gasteiger partial charge on any atom is -0.480 e. The molecule has 0 aromatic heterocycles. The van der Waals surface area contributed by atoms with E-state index in [0.717, 1.165) is 27.2 Å². The number of nitrogens with zero attached hydrogens (tertiary/aromatic N) is 1. The molecule has 1 fully saturated rings. The van der Waals surface area contributed by atoms with E-state index in [-0.39, 0.29) is 41.5 Å². The number of hydrogen-bond acceptors (Lipinski definition) is 6. The van der Waals surface area contributed by atoms with Gasteiger partial charge in [-0.3, -0.25) is 14.5 Å². The maximum absolute atomic E-state index is 12.9. The molecule has 212 valence electrons. The van der Waals surface area contributed by atoms with Gasteiger partial charge in [-0.2, -0.15) is 0 Å². The number of aliphatic carboxylic acids is 1. The van der Waals surface area contributed by atoms with Gasteiger partial charge in [0, 0.05) is 32.4 Å². The minimum absolute atomic E-state index is 0.0974. The lowest BCUT2D eigenvalue weighted by atomic mass is 9.74. The van der Waals surface area contributed by atoms with Gasteiger partial charge in [-0.25, -0.2) is 9.59 Å². The monoisotopic (exact) mass is 546 g/mol. The molecule has 0 bridgehead atoms. The molecule has 0 heterocycles. The Bertz CT molecular complexity index is 1250. The maximum Gasteiger partial charge on any atom is 0.410 e. The molecule has 2 aromatic rings. The van der Waals surface area contributed by atoms with Crippen molar-refractivity contribution in [1.82, 2.24) is 10.2 Å². The molecule has 0 saturated heterocycles. The number of rotatable bonds is 11. The molecule has 0 aliphatic heterocycles. The number of likely N-dealkylation sites (N-methyl/N-ethyl adjacent to an activating group) is 1. The van der Waals surface area contributed by atoms with E-state index in [1.807, 2.05) is 50.2 Å². The molecule has 1 saturated carbocycles. The number of carbonyl (C=O) groups is 4. The number of carbonyl (C=O) groups excluding carboxylic acids is 3. The number of unbranched alkanes of at least 4 members (excludes halogenated alkanes) is 1. The highest BCUT2D eigenvalue weighted by Gasteiger charge is 2.35. The lowest BCUT2D eigenvalue weighted by Crippen LogP contribution is -2.43. The number of benzene rings is 2. The summed E-state index contributed by atoms with van der Waals surface area (Å²) in [5.41, 5.74) is 4.44. The molecular weight excluding hydrogens is 508 g/mol. The number of carboxylic acids is 1. The molecule has 8 heteroatoms. The van der Waals surface area contributed by atoms with Gasteiger partial charge in [0.2, 0.25) is 0 Å². The number of ketones is 2. The van der Waals surface area contributed by atoms with Crippen LogP contribution >= 0.6 is 0 Å². The number of ether oxygens (including phenoxy) is 1. The first-order valence-corrected chi connectivity index (χ1v) is 13.9. The van der Waals surface area contributed by atoms with Crippen molar-refractivity contribution in [2.45, 2.75) is 57.9 Å². The average molecular weight is 547 g/mol. The summed E-state index contributed by atoms with van der Waals surface area (Å²) in [5.74, 6) is -1.39. The van der Waals surface area contributed by atoms with Crippen molar-refractivity contribution < 1.29 is 29.0 Å². The fourth-order valence-corrected chi connectivity index (χ4v) is 5.68. The third-order valence-corrected chi connectivity index (χ3v) is 7.79. The molecule has 2 N–H and O–H groups in total. The van der Waals surface area contributed by atoms with Crippen LogP contribution in [0.3, 0.4) is 0 Å². The van der Waals surface area contributed by atoms with Gasteiger partial charge in [0.25, 0.3) is 0 Å². The second kappa shape index (κ2) is 12.6. The molecule has 0 spiro atoms. The normalized spacial score (nSPS) is 16.7. The van der Waals surface area contributed by atoms with Crippen LogP contribution in [-0.2, 0) is 19.1 Å². The Morgan fingerprint density at radius 1 is 1.02 bits per heavy atom. The Morgan fingerprint density at radius 3 is 2.17 bits per heavy atom. The molecule has 2 aliphatic carbocycles. The topological polar surface area (TPSA) is 113 Å². The fourth-order valence-electron chi connectivity index (χ4n) is 5.68. The number of nitrogens with one attached hydrogen (secondary N) is 1. The van der Waals surface area contributed by atoms with Gasteiger partial charge in [-0.1, -0.05) is 68.5 Å². The van der Waals surface area contributed by atoms with Gasteiger partial charge in [0.05, 0.1) is 5.57 Å². The molecule has 0 unspecified atom stereocenters. The lowest BCUT2D eigenvalue weighted by molar-refractivity contribution is -0.142. The molecule has 40 heavy (non-hydrogen) atoms. The van der Waals surface area contributed by atoms with E-state index in [0.29, 0.717) is 38.8 Å². The summed E-state index contributed by atoms with van der Waals surface area (Å²) in [4.78, 5) is 50.5. The summed E-state index contributed by atoms with van der Waals surface area (Å²) < 4.78 is 5.63. The highest BCUT2D eigenvalue weighted by Crippen LogP contribution is 2.44. The van der Waals surface area contributed by atoms with Gasteiger partial charge >= 0.3 is 12.1 Å². The first kappa shape index (κ1) is 29.2. The molecule has 2 aromatic carbocycles. The van der Waals surface area contributed by atoms with E-state index in [2.05, 4.69) is 17.4 Å². The fraction of sp³-hybridized carbons (Fsp3) is 0.438. The summed E-state index contributed by atoms with van der Waals surface area (Å²) in [7, 11) is 1.46. The van der Waals surface area contributed by atoms with Gasteiger partial charge in [-0.15, -0.1) is 0 Å². The van der Waals surface area contributed by atoms with E-state index in [1.54, 1.807) is 6.08 Å². The molecule has 8 nitrogen and oxygen atoms in total. The predicted octanol–water partition coefficient (Wildman–Crippen LogP) is 4.97. The van der Waals surface area contributed by atoms with Crippen LogP contribution in [0.2, 0.25) is 0 Å². The van der Waals surface area contributed by atoms with Crippen LogP contribution in [0, 0.1) is 5.41 Å². The highest BCUT2D eigenvalue weighted by molar-refractivity contribution is 6.22. The summed E-state index contributed by atoms with van der Waals surface area (Å²) >= 11 is 0. The third kappa shape index (κ3) is 6.67. The summed E-state index contributed by atoms with van der Waals surface area (Å²) in [6, 6.07) is 15.1. The number of carboxylic acid groups (broad SMARTS) is 1. The van der Waals surface area contributed by atoms with Crippen LogP contribution in [0.1, 0.15) is 63.0 Å². The van der Waals surface area contributed by atoms with Crippen LogP contribution in [0.4, 0.5) is 4.79 Å². The van der Waals surface area contributed by atoms with E-state index < -0.39 is 18.1 Å². The smallest absolute Gasteiger partial charge is 0.410 e. The van der Waals surface area contributed by atoms with Gasteiger partial charge < -0.3 is 15.2 Å². The number of allylic oxidation sites excluding steroid dienone is 1. The van der Waals surface area contributed by atoms with Crippen molar-refractivity contribution in [2.24, 2.45) is 5.41 Å². The summed E-state index contributed by atoms with van der Waals surface area (Å²) in [6.07, 6.45) is 3.28. The van der Waals surface area contributed by atoms with Crippen LogP contribution in [0.15, 0.2) is 60.2 Å². The Kier molecular flexibility index (Phi) is 9.20. The van der Waals surface area contributed by atoms with Crippen molar-refractivity contribution in [2.75, 3.05) is 26.7 Å². The van der Waals surface area contributed by atoms with E-state index in [1.165, 1.54) is 7.05 Å². The largest absolute Gasteiger partial charge is 0.480 e. The van der Waals surface area contributed by atoms with Crippen molar-refractivity contribution in [1.29, 1.82) is 0 Å². The van der Waals surface area contributed by atoms with Gasteiger partial charge in [0.15, 0.2) is 11.6 Å². The zero-order valence-electron chi connectivity index (χ0n) is 23.4. The summed E-state index contributed by atoms with van der Waals surface area (Å²) in [5, 5.41) is 13.0. The van der Waals surface area contributed by atoms with Crippen LogP contribution in [0.25, 0.3) is 11.1 Å². The first-order chi connectivity index (χ1) is 19.1. The van der Waals surface area contributed by atoms with Crippen molar-refractivity contribution in [3.05, 3.63) is 71.3 Å². The van der Waals surface area contributed by atoms with Crippen LogP contribution in [0.5, 0.6) is 0 Å². The molecule has 1 atom stereocenters. The summed E-state index contributed by atoms with van der Waals surface area (Å²) in [6.45, 7) is 4.97. The second-order valence-electron chi connectivity index (χ2n) is 11.5. The Labute approximate surface area is 235 Å². The molecule has 4 rings (SSSR count). The van der Waals surface area contributed by atoms with Gasteiger partial charge in [0.1, 0.15) is 12.6 Å². The maximum atomic E-state index is 12.9. The van der Waals surface area contributed by atoms with E-state index >= 15 is 0 Å². The standard InChI is InChI=1S/C32H38N2O6/c1-32(2)18-28(35)25(29(36)19-32)15-17-33-16-9-8-14-27(30(37)38)34(3)31(39)40-20-26-23-12-6-4-10-21(23)22-11-5-7-13-24(22)26/h4-7,10-13,15,26-27,33H,8-9,14,16-20H2,1-3H3,(H,37,38)/t27-/m0/s1. The quantitative estimate of drug-likeness (QED) is 0.233. The Hall–Kier alpha value is -3.78. The SMILES string of the molecule is CN(C(=O)OCC1c2ccccc2-c2ccccc21)[C@@H](CCCCNCC=C1C(=O)CC(C)(C)CC1=O)C(=O)O. The second-order valence-corrected chi connectivity index (χ2v) is 11.5.